The van der Waals surface area contributed by atoms with Crippen LogP contribution in [0.3, 0.4) is 0 Å². The van der Waals surface area contributed by atoms with E-state index in [1.807, 2.05) is 25.1 Å². The number of aryl methyl sites for hydroxylation is 2. The minimum absolute atomic E-state index is 0.669. The van der Waals surface area contributed by atoms with E-state index in [0.29, 0.717) is 5.02 Å². The molecule has 3 aromatic rings. The number of fused-ring (bicyclic) bond motifs is 1. The summed E-state index contributed by atoms with van der Waals surface area (Å²) in [7, 11) is 0. The molecule has 1 aromatic carbocycles. The molecule has 5 heteroatoms. The fraction of sp³-hybridized carbons (Fsp3) is 0.214. The SMILES string of the molecule is CCc1cc2cccc(Cl)c2nc1-c1nnc(C)s1. The van der Waals surface area contributed by atoms with Gasteiger partial charge in [0.1, 0.15) is 10.7 Å². The number of pyridine rings is 1. The van der Waals surface area contributed by atoms with Gasteiger partial charge in [-0.25, -0.2) is 4.98 Å². The van der Waals surface area contributed by atoms with Crippen molar-refractivity contribution in [1.82, 2.24) is 15.2 Å². The van der Waals surface area contributed by atoms with Crippen molar-refractivity contribution in [2.75, 3.05) is 0 Å². The van der Waals surface area contributed by atoms with E-state index in [4.69, 9.17) is 16.6 Å². The van der Waals surface area contributed by atoms with Crippen LogP contribution in [0.1, 0.15) is 17.5 Å². The quantitative estimate of drug-likeness (QED) is 0.707. The van der Waals surface area contributed by atoms with Crippen molar-refractivity contribution in [1.29, 1.82) is 0 Å². The average Bonchev–Trinajstić information content (AvgIpc) is 2.84. The molecule has 0 bridgehead atoms. The second kappa shape index (κ2) is 4.87. The average molecular weight is 290 g/mol. The molecule has 0 fully saturated rings. The zero-order chi connectivity index (χ0) is 13.4. The van der Waals surface area contributed by atoms with E-state index >= 15 is 0 Å². The summed E-state index contributed by atoms with van der Waals surface area (Å²) >= 11 is 7.78. The second-order valence-corrected chi connectivity index (χ2v) is 5.88. The predicted octanol–water partition coefficient (Wildman–Crippen LogP) is 4.28. The highest BCUT2D eigenvalue weighted by Gasteiger charge is 2.13. The van der Waals surface area contributed by atoms with E-state index in [9.17, 15) is 0 Å². The van der Waals surface area contributed by atoms with Gasteiger partial charge < -0.3 is 0 Å². The van der Waals surface area contributed by atoms with E-state index < -0.39 is 0 Å². The van der Waals surface area contributed by atoms with Crippen LogP contribution in [0.5, 0.6) is 0 Å². The monoisotopic (exact) mass is 289 g/mol. The minimum Gasteiger partial charge on any atom is -0.243 e. The van der Waals surface area contributed by atoms with Gasteiger partial charge in [0.25, 0.3) is 0 Å². The van der Waals surface area contributed by atoms with E-state index in [2.05, 4.69) is 23.2 Å². The molecule has 0 N–H and O–H groups in total. The molecule has 3 nitrogen and oxygen atoms in total. The van der Waals surface area contributed by atoms with Crippen molar-refractivity contribution in [2.45, 2.75) is 20.3 Å². The molecule has 0 aliphatic rings. The molecule has 19 heavy (non-hydrogen) atoms. The highest BCUT2D eigenvalue weighted by molar-refractivity contribution is 7.14. The van der Waals surface area contributed by atoms with E-state index in [1.165, 1.54) is 5.56 Å². The third-order valence-corrected chi connectivity index (χ3v) is 4.14. The van der Waals surface area contributed by atoms with Gasteiger partial charge in [0.2, 0.25) is 0 Å². The standard InChI is InChI=1S/C14H12ClN3S/c1-3-9-7-10-5-4-6-11(15)12(10)16-13(9)14-18-17-8(2)19-14/h4-7H,3H2,1-2H3. The van der Waals surface area contributed by atoms with Crippen molar-refractivity contribution in [2.24, 2.45) is 0 Å². The Bertz CT molecular complexity index is 752. The zero-order valence-electron chi connectivity index (χ0n) is 10.6. The first-order valence-electron chi connectivity index (χ1n) is 6.07. The fourth-order valence-electron chi connectivity index (χ4n) is 2.05. The summed E-state index contributed by atoms with van der Waals surface area (Å²) < 4.78 is 0. The van der Waals surface area contributed by atoms with Gasteiger partial charge in [0.15, 0.2) is 5.01 Å². The van der Waals surface area contributed by atoms with Crippen molar-refractivity contribution in [3.05, 3.63) is 39.9 Å². The lowest BCUT2D eigenvalue weighted by Crippen LogP contribution is -1.93. The topological polar surface area (TPSA) is 38.7 Å². The van der Waals surface area contributed by atoms with Gasteiger partial charge in [-0.05, 0) is 31.0 Å². The molecule has 96 valence electrons. The van der Waals surface area contributed by atoms with Crippen molar-refractivity contribution in [3.63, 3.8) is 0 Å². The lowest BCUT2D eigenvalue weighted by molar-refractivity contribution is 1.04. The van der Waals surface area contributed by atoms with Crippen molar-refractivity contribution < 1.29 is 0 Å². The summed E-state index contributed by atoms with van der Waals surface area (Å²) in [5.74, 6) is 0. The maximum absolute atomic E-state index is 6.22. The Labute approximate surface area is 120 Å². The molecule has 0 atom stereocenters. The number of hydrogen-bond donors (Lipinski definition) is 0. The summed E-state index contributed by atoms with van der Waals surface area (Å²) in [5.41, 5.74) is 2.89. The van der Waals surface area contributed by atoms with Crippen LogP contribution >= 0.6 is 22.9 Å². The summed E-state index contributed by atoms with van der Waals surface area (Å²) in [4.78, 5) is 4.71. The molecule has 0 aliphatic carbocycles. The first kappa shape index (κ1) is 12.5. The van der Waals surface area contributed by atoms with Gasteiger partial charge in [-0.1, -0.05) is 42.0 Å². The number of para-hydroxylation sites is 1. The van der Waals surface area contributed by atoms with Crippen LogP contribution in [0.25, 0.3) is 21.6 Å². The number of halogens is 1. The van der Waals surface area contributed by atoms with Gasteiger partial charge >= 0.3 is 0 Å². The van der Waals surface area contributed by atoms with Gasteiger partial charge in [0, 0.05) is 5.39 Å². The third kappa shape index (κ3) is 2.22. The Morgan fingerprint density at radius 3 is 2.79 bits per heavy atom. The number of hydrogen-bond acceptors (Lipinski definition) is 4. The molecular weight excluding hydrogens is 278 g/mol. The van der Waals surface area contributed by atoms with Crippen LogP contribution in [0.2, 0.25) is 5.02 Å². The van der Waals surface area contributed by atoms with Crippen LogP contribution in [0.15, 0.2) is 24.3 Å². The minimum atomic E-state index is 0.669. The normalized spacial score (nSPS) is 11.1. The number of benzene rings is 1. The van der Waals surface area contributed by atoms with Crippen LogP contribution in [-0.2, 0) is 6.42 Å². The van der Waals surface area contributed by atoms with Gasteiger partial charge in [-0.3, -0.25) is 0 Å². The largest absolute Gasteiger partial charge is 0.243 e. The number of nitrogens with zero attached hydrogens (tertiary/aromatic N) is 3. The zero-order valence-corrected chi connectivity index (χ0v) is 12.2. The highest BCUT2D eigenvalue weighted by atomic mass is 35.5. The summed E-state index contributed by atoms with van der Waals surface area (Å²) in [6.45, 7) is 4.06. The molecule has 2 heterocycles. The van der Waals surface area contributed by atoms with Gasteiger partial charge in [0.05, 0.1) is 10.5 Å². The van der Waals surface area contributed by atoms with Gasteiger partial charge in [-0.2, -0.15) is 0 Å². The number of rotatable bonds is 2. The van der Waals surface area contributed by atoms with E-state index in [-0.39, 0.29) is 0 Å². The first-order valence-corrected chi connectivity index (χ1v) is 7.27. The molecule has 3 rings (SSSR count). The number of aromatic nitrogens is 3. The highest BCUT2D eigenvalue weighted by Crippen LogP contribution is 2.30. The van der Waals surface area contributed by atoms with Crippen LogP contribution in [0.4, 0.5) is 0 Å². The third-order valence-electron chi connectivity index (χ3n) is 2.99. The maximum Gasteiger partial charge on any atom is 0.166 e. The molecule has 0 saturated heterocycles. The molecule has 0 unspecified atom stereocenters. The second-order valence-electron chi connectivity index (χ2n) is 4.29. The smallest absolute Gasteiger partial charge is 0.166 e. The lowest BCUT2D eigenvalue weighted by Gasteiger charge is -2.07. The molecular formula is C14H12ClN3S. The van der Waals surface area contributed by atoms with Crippen molar-refractivity contribution in [3.8, 4) is 10.7 Å². The molecule has 0 amide bonds. The Morgan fingerprint density at radius 1 is 1.26 bits per heavy atom. The Balaban J connectivity index is 2.31. The van der Waals surface area contributed by atoms with E-state index in [1.54, 1.807) is 11.3 Å². The van der Waals surface area contributed by atoms with Crippen LogP contribution in [0, 0.1) is 6.92 Å². The lowest BCUT2D eigenvalue weighted by atomic mass is 10.1. The van der Waals surface area contributed by atoms with E-state index in [0.717, 1.165) is 33.0 Å². The maximum atomic E-state index is 6.22. The summed E-state index contributed by atoms with van der Waals surface area (Å²) in [6.07, 6.45) is 0.906. The van der Waals surface area contributed by atoms with Gasteiger partial charge in [-0.15, -0.1) is 10.2 Å². The molecule has 0 radical (unpaired) electrons. The summed E-state index contributed by atoms with van der Waals surface area (Å²) in [5, 5.41) is 11.8. The molecule has 0 spiro atoms. The predicted molar refractivity (Wildman–Crippen MR) is 79.8 cm³/mol. The van der Waals surface area contributed by atoms with Crippen LogP contribution < -0.4 is 0 Å². The first-order chi connectivity index (χ1) is 9.19. The summed E-state index contributed by atoms with van der Waals surface area (Å²) in [6, 6.07) is 7.97. The molecule has 0 saturated carbocycles. The molecule has 2 aromatic heterocycles. The Kier molecular flexibility index (Phi) is 3.21. The fourth-order valence-corrected chi connectivity index (χ4v) is 2.99. The Hall–Kier alpha value is -1.52. The Morgan fingerprint density at radius 2 is 2.11 bits per heavy atom. The van der Waals surface area contributed by atoms with Crippen molar-refractivity contribution >= 4 is 33.8 Å². The van der Waals surface area contributed by atoms with Crippen LogP contribution in [-0.4, -0.2) is 15.2 Å². The molecule has 0 aliphatic heterocycles.